The van der Waals surface area contributed by atoms with Crippen LogP contribution in [0, 0.1) is 10.1 Å². The highest BCUT2D eigenvalue weighted by atomic mass is 16.6. The van der Waals surface area contributed by atoms with Crippen molar-refractivity contribution in [3.8, 4) is 5.69 Å². The van der Waals surface area contributed by atoms with Gasteiger partial charge in [-0.2, -0.15) is 4.68 Å². The van der Waals surface area contributed by atoms with Crippen molar-refractivity contribution in [1.29, 1.82) is 0 Å². The molecule has 1 aromatic heterocycles. The number of hydrogen-bond donors (Lipinski definition) is 1. The fourth-order valence-corrected chi connectivity index (χ4v) is 1.43. The van der Waals surface area contributed by atoms with Gasteiger partial charge in [-0.25, -0.2) is 0 Å². The van der Waals surface area contributed by atoms with E-state index in [1.807, 2.05) is 0 Å². The second-order valence-corrected chi connectivity index (χ2v) is 3.32. The fraction of sp³-hybridized carbons (Fsp3) is 0.222. The number of benzene rings is 1. The summed E-state index contributed by atoms with van der Waals surface area (Å²) in [6.45, 7) is 0.412. The molecule has 0 unspecified atom stereocenters. The second-order valence-electron chi connectivity index (χ2n) is 3.32. The molecule has 0 saturated heterocycles. The van der Waals surface area contributed by atoms with Gasteiger partial charge in [0.2, 0.25) is 0 Å². The maximum absolute atomic E-state index is 10.7. The van der Waals surface area contributed by atoms with Crippen molar-refractivity contribution in [2.75, 3.05) is 6.54 Å². The summed E-state index contributed by atoms with van der Waals surface area (Å²) in [6, 6.07) is 6.11. The molecule has 0 spiro atoms. The minimum Gasteiger partial charge on any atom is -0.330 e. The van der Waals surface area contributed by atoms with Crippen LogP contribution in [0.5, 0.6) is 0 Å². The summed E-state index contributed by atoms with van der Waals surface area (Å²) in [7, 11) is 0. The highest BCUT2D eigenvalue weighted by Gasteiger charge is 2.11. The second kappa shape index (κ2) is 4.66. The lowest BCUT2D eigenvalue weighted by atomic mass is 10.3. The topological polar surface area (TPSA) is 113 Å². The van der Waals surface area contributed by atoms with Gasteiger partial charge >= 0.3 is 0 Å². The molecule has 2 rings (SSSR count). The molecule has 0 atom stereocenters. The lowest BCUT2D eigenvalue weighted by Gasteiger charge is -2.02. The van der Waals surface area contributed by atoms with Crippen molar-refractivity contribution >= 4 is 5.69 Å². The summed E-state index contributed by atoms with van der Waals surface area (Å²) < 4.78 is 1.44. The average Bonchev–Trinajstić information content (AvgIpc) is 2.78. The lowest BCUT2D eigenvalue weighted by Crippen LogP contribution is -2.10. The molecule has 0 aliphatic carbocycles. The van der Waals surface area contributed by atoms with Gasteiger partial charge in [-0.05, 0) is 23.0 Å². The maximum atomic E-state index is 10.7. The van der Waals surface area contributed by atoms with E-state index in [-0.39, 0.29) is 5.69 Å². The van der Waals surface area contributed by atoms with Gasteiger partial charge in [-0.3, -0.25) is 10.1 Å². The van der Waals surface area contributed by atoms with E-state index in [1.165, 1.54) is 16.8 Å². The van der Waals surface area contributed by atoms with Gasteiger partial charge in [0, 0.05) is 18.6 Å². The molecular weight excluding hydrogens is 224 g/mol. The first-order chi connectivity index (χ1) is 8.22. The number of aromatic nitrogens is 4. The zero-order valence-electron chi connectivity index (χ0n) is 8.85. The molecule has 1 aromatic carbocycles. The van der Waals surface area contributed by atoms with E-state index >= 15 is 0 Å². The number of tetrazole rings is 1. The number of nitro groups is 1. The van der Waals surface area contributed by atoms with Crippen LogP contribution in [0.2, 0.25) is 0 Å². The summed E-state index contributed by atoms with van der Waals surface area (Å²) in [6.07, 6.45) is 0.510. The Labute approximate surface area is 96.2 Å². The normalized spacial score (nSPS) is 10.4. The smallest absolute Gasteiger partial charge is 0.271 e. The maximum Gasteiger partial charge on any atom is 0.271 e. The van der Waals surface area contributed by atoms with Crippen LogP contribution in [0.3, 0.4) is 0 Å². The molecule has 0 saturated carbocycles. The van der Waals surface area contributed by atoms with Crippen molar-refractivity contribution in [2.24, 2.45) is 5.73 Å². The molecule has 0 aliphatic heterocycles. The monoisotopic (exact) mass is 234 g/mol. The Balaban J connectivity index is 2.42. The van der Waals surface area contributed by atoms with Gasteiger partial charge in [0.05, 0.1) is 10.6 Å². The predicted octanol–water partition coefficient (Wildman–Crippen LogP) is 0.0717. The lowest BCUT2D eigenvalue weighted by molar-refractivity contribution is -0.384. The Bertz CT molecular complexity index is 538. The third-order valence-electron chi connectivity index (χ3n) is 2.19. The van der Waals surface area contributed by atoms with Crippen molar-refractivity contribution < 1.29 is 4.92 Å². The molecule has 0 aliphatic rings. The number of hydrogen-bond acceptors (Lipinski definition) is 6. The van der Waals surface area contributed by atoms with E-state index in [4.69, 9.17) is 5.73 Å². The van der Waals surface area contributed by atoms with Gasteiger partial charge in [0.25, 0.3) is 5.69 Å². The third kappa shape index (κ3) is 2.26. The molecule has 0 fully saturated rings. The zero-order valence-corrected chi connectivity index (χ0v) is 8.85. The van der Waals surface area contributed by atoms with Crippen LogP contribution in [0.1, 0.15) is 5.82 Å². The first-order valence-electron chi connectivity index (χ1n) is 4.94. The molecule has 2 N–H and O–H groups in total. The summed E-state index contributed by atoms with van der Waals surface area (Å²) in [4.78, 5) is 10.2. The van der Waals surface area contributed by atoms with Crippen molar-refractivity contribution in [1.82, 2.24) is 20.2 Å². The van der Waals surface area contributed by atoms with Crippen LogP contribution in [-0.4, -0.2) is 31.7 Å². The standard InChI is InChI=1S/C9H10N6O2/c10-5-4-9-11-12-13-14(9)7-2-1-3-8(6-7)15(16)17/h1-3,6H,4-5,10H2. The minimum atomic E-state index is -0.462. The van der Waals surface area contributed by atoms with Crippen LogP contribution in [0.25, 0.3) is 5.69 Å². The summed E-state index contributed by atoms with van der Waals surface area (Å²) >= 11 is 0. The van der Waals surface area contributed by atoms with E-state index in [0.717, 1.165) is 0 Å². The zero-order chi connectivity index (χ0) is 12.3. The van der Waals surface area contributed by atoms with Crippen LogP contribution < -0.4 is 5.73 Å². The number of rotatable bonds is 4. The molecule has 1 heterocycles. The Morgan fingerprint density at radius 2 is 2.29 bits per heavy atom. The van der Waals surface area contributed by atoms with Crippen LogP contribution in [0.15, 0.2) is 24.3 Å². The summed E-state index contributed by atoms with van der Waals surface area (Å²) in [5.74, 6) is 0.577. The van der Waals surface area contributed by atoms with E-state index < -0.39 is 4.92 Å². The SMILES string of the molecule is NCCc1nnnn1-c1cccc([N+](=O)[O-])c1. The first-order valence-corrected chi connectivity index (χ1v) is 4.94. The molecule has 8 nitrogen and oxygen atoms in total. The molecule has 2 aromatic rings. The summed E-state index contributed by atoms with van der Waals surface area (Å²) in [5, 5.41) is 21.8. The van der Waals surface area contributed by atoms with Gasteiger partial charge in [-0.1, -0.05) is 6.07 Å². The average molecular weight is 234 g/mol. The van der Waals surface area contributed by atoms with E-state index in [9.17, 15) is 10.1 Å². The van der Waals surface area contributed by atoms with Gasteiger partial charge in [-0.15, -0.1) is 5.10 Å². The highest BCUT2D eigenvalue weighted by molar-refractivity contribution is 5.42. The Kier molecular flexibility index (Phi) is 3.06. The van der Waals surface area contributed by atoms with Crippen molar-refractivity contribution in [3.05, 3.63) is 40.2 Å². The molecule has 17 heavy (non-hydrogen) atoms. The fourth-order valence-electron chi connectivity index (χ4n) is 1.43. The number of nitrogens with two attached hydrogens (primary N) is 1. The highest BCUT2D eigenvalue weighted by Crippen LogP contribution is 2.16. The van der Waals surface area contributed by atoms with Crippen LogP contribution in [-0.2, 0) is 6.42 Å². The first kappa shape index (κ1) is 11.1. The minimum absolute atomic E-state index is 0.00306. The number of non-ortho nitro benzene ring substituents is 1. The van der Waals surface area contributed by atoms with Crippen LogP contribution in [0.4, 0.5) is 5.69 Å². The van der Waals surface area contributed by atoms with Crippen LogP contribution >= 0.6 is 0 Å². The van der Waals surface area contributed by atoms with Gasteiger partial charge < -0.3 is 5.73 Å². The van der Waals surface area contributed by atoms with Gasteiger partial charge in [0.15, 0.2) is 5.82 Å². The molecular formula is C9H10N6O2. The molecule has 0 radical (unpaired) electrons. The van der Waals surface area contributed by atoms with Crippen molar-refractivity contribution in [3.63, 3.8) is 0 Å². The number of nitrogens with zero attached hydrogens (tertiary/aromatic N) is 5. The molecule has 0 bridgehead atoms. The quantitative estimate of drug-likeness (QED) is 0.591. The van der Waals surface area contributed by atoms with Gasteiger partial charge in [0.1, 0.15) is 0 Å². The van der Waals surface area contributed by atoms with E-state index in [0.29, 0.717) is 24.5 Å². The largest absolute Gasteiger partial charge is 0.330 e. The predicted molar refractivity (Wildman–Crippen MR) is 58.6 cm³/mol. The summed E-state index contributed by atoms with van der Waals surface area (Å²) in [5.41, 5.74) is 5.97. The third-order valence-corrected chi connectivity index (χ3v) is 2.19. The number of nitro benzene ring substituents is 1. The van der Waals surface area contributed by atoms with Crippen molar-refractivity contribution in [2.45, 2.75) is 6.42 Å². The Hall–Kier alpha value is -2.35. The van der Waals surface area contributed by atoms with E-state index in [1.54, 1.807) is 12.1 Å². The molecule has 88 valence electrons. The van der Waals surface area contributed by atoms with E-state index in [2.05, 4.69) is 15.5 Å². The Morgan fingerprint density at radius 1 is 1.47 bits per heavy atom. The Morgan fingerprint density at radius 3 is 3.00 bits per heavy atom. The molecule has 8 heteroatoms. The molecule has 0 amide bonds.